The molecule has 0 bridgehead atoms. The monoisotopic (exact) mass is 473 g/mol. The van der Waals surface area contributed by atoms with E-state index in [-0.39, 0.29) is 11.3 Å². The first-order valence-corrected chi connectivity index (χ1v) is 10.4. The molecular weight excluding hydrogens is 451 g/mol. The molecule has 2 heterocycles. The van der Waals surface area contributed by atoms with Crippen molar-refractivity contribution in [3.8, 4) is 17.1 Å². The molecule has 0 aliphatic carbocycles. The zero-order valence-electron chi connectivity index (χ0n) is 18.6. The van der Waals surface area contributed by atoms with Gasteiger partial charge in [-0.25, -0.2) is 4.68 Å². The number of halogens is 3. The maximum atomic E-state index is 12.4. The summed E-state index contributed by atoms with van der Waals surface area (Å²) in [7, 11) is 3.06. The average molecular weight is 473 g/mol. The Balaban J connectivity index is 1.60. The van der Waals surface area contributed by atoms with Crippen molar-refractivity contribution in [3.05, 3.63) is 47.7 Å². The van der Waals surface area contributed by atoms with Crippen LogP contribution in [0.15, 0.2) is 36.5 Å². The number of methoxy groups -OCH3 is 1. The number of amides is 1. The summed E-state index contributed by atoms with van der Waals surface area (Å²) in [6, 6.07) is 8.31. The molecule has 2 aromatic carbocycles. The minimum atomic E-state index is -4.51. The fourth-order valence-corrected chi connectivity index (χ4v) is 3.60. The predicted octanol–water partition coefficient (Wildman–Crippen LogP) is 3.97. The third-order valence-electron chi connectivity index (χ3n) is 5.25. The van der Waals surface area contributed by atoms with Gasteiger partial charge < -0.3 is 15.4 Å². The molecule has 0 spiro atoms. The average Bonchev–Trinajstić information content (AvgIpc) is 3.43. The van der Waals surface area contributed by atoms with E-state index in [9.17, 15) is 18.0 Å². The number of ether oxygens (including phenoxy) is 1. The van der Waals surface area contributed by atoms with Crippen LogP contribution in [0.3, 0.4) is 0 Å². The number of hydrogen-bond donors (Lipinski definition) is 3. The van der Waals surface area contributed by atoms with E-state index >= 15 is 0 Å². The van der Waals surface area contributed by atoms with Gasteiger partial charge in [0.05, 0.1) is 24.4 Å². The number of carbonyl (C=O) groups is 1. The fourth-order valence-electron chi connectivity index (χ4n) is 3.60. The molecule has 3 N–H and O–H groups in total. The number of rotatable bonds is 7. The number of benzene rings is 2. The molecule has 178 valence electrons. The summed E-state index contributed by atoms with van der Waals surface area (Å²) >= 11 is 0. The zero-order chi connectivity index (χ0) is 24.5. The van der Waals surface area contributed by atoms with Gasteiger partial charge in [0, 0.05) is 23.7 Å². The SMILES string of the molecule is CCc1c(Nc2nc(-c3ccc(C(=O)NCC(F)(F)F)c(OC)c3)nn2C)ccc2[nH]ncc12. The molecule has 0 saturated heterocycles. The van der Waals surface area contributed by atoms with E-state index in [0.29, 0.717) is 17.3 Å². The van der Waals surface area contributed by atoms with Crippen LogP contribution in [0.2, 0.25) is 0 Å². The van der Waals surface area contributed by atoms with Gasteiger partial charge in [0.1, 0.15) is 12.3 Å². The molecule has 0 saturated carbocycles. The van der Waals surface area contributed by atoms with Gasteiger partial charge in [-0.3, -0.25) is 9.89 Å². The summed E-state index contributed by atoms with van der Waals surface area (Å²) in [6.07, 6.45) is -1.96. The van der Waals surface area contributed by atoms with E-state index in [1.807, 2.05) is 24.4 Å². The summed E-state index contributed by atoms with van der Waals surface area (Å²) < 4.78 is 44.1. The molecule has 0 radical (unpaired) electrons. The Bertz CT molecular complexity index is 1340. The van der Waals surface area contributed by atoms with Crippen molar-refractivity contribution in [1.82, 2.24) is 30.3 Å². The highest BCUT2D eigenvalue weighted by atomic mass is 19.4. The molecule has 12 heteroatoms. The second kappa shape index (κ2) is 9.04. The van der Waals surface area contributed by atoms with Gasteiger partial charge >= 0.3 is 6.18 Å². The molecule has 4 rings (SSSR count). The number of aromatic nitrogens is 5. The topological polar surface area (TPSA) is 110 Å². The summed E-state index contributed by atoms with van der Waals surface area (Å²) in [5, 5.41) is 17.6. The Morgan fingerprint density at radius 1 is 1.24 bits per heavy atom. The zero-order valence-corrected chi connectivity index (χ0v) is 18.6. The predicted molar refractivity (Wildman–Crippen MR) is 120 cm³/mol. The summed E-state index contributed by atoms with van der Waals surface area (Å²) in [6.45, 7) is 0.617. The largest absolute Gasteiger partial charge is 0.496 e. The van der Waals surface area contributed by atoms with E-state index in [1.165, 1.54) is 19.2 Å². The van der Waals surface area contributed by atoms with Crippen LogP contribution in [-0.4, -0.2) is 50.7 Å². The molecule has 1 amide bonds. The minimum absolute atomic E-state index is 0.0224. The second-order valence-corrected chi connectivity index (χ2v) is 7.50. The Morgan fingerprint density at radius 3 is 2.74 bits per heavy atom. The van der Waals surface area contributed by atoms with Crippen molar-refractivity contribution < 1.29 is 22.7 Å². The van der Waals surface area contributed by atoms with Crippen LogP contribution >= 0.6 is 0 Å². The normalized spacial score (nSPS) is 11.6. The standard InChI is InChI=1S/C22H22F3N7O2/c1-4-13-15-10-27-30-17(15)8-7-16(13)28-21-29-19(31-32(21)2)12-5-6-14(18(9-12)34-3)20(33)26-11-22(23,24)25/h5-10H,4,11H2,1-3H3,(H,26,33)(H,27,30)(H,28,29,31). The van der Waals surface area contributed by atoms with E-state index in [4.69, 9.17) is 4.74 Å². The molecule has 0 atom stereocenters. The van der Waals surface area contributed by atoms with Gasteiger partial charge in [0.25, 0.3) is 5.91 Å². The van der Waals surface area contributed by atoms with Crippen LogP contribution in [-0.2, 0) is 13.5 Å². The number of nitrogens with zero attached hydrogens (tertiary/aromatic N) is 4. The molecule has 9 nitrogen and oxygen atoms in total. The van der Waals surface area contributed by atoms with E-state index < -0.39 is 18.6 Å². The van der Waals surface area contributed by atoms with Crippen LogP contribution < -0.4 is 15.4 Å². The molecule has 34 heavy (non-hydrogen) atoms. The van der Waals surface area contributed by atoms with Gasteiger partial charge in [-0.15, -0.1) is 5.10 Å². The number of nitrogens with one attached hydrogen (secondary N) is 3. The Hall–Kier alpha value is -4.09. The molecule has 0 aliphatic heterocycles. The van der Waals surface area contributed by atoms with Crippen molar-refractivity contribution in [2.75, 3.05) is 19.0 Å². The highest BCUT2D eigenvalue weighted by molar-refractivity contribution is 5.97. The lowest BCUT2D eigenvalue weighted by Gasteiger charge is -2.11. The van der Waals surface area contributed by atoms with Crippen molar-refractivity contribution >= 4 is 28.4 Å². The van der Waals surface area contributed by atoms with E-state index in [2.05, 4.69) is 25.6 Å². The third-order valence-corrected chi connectivity index (χ3v) is 5.25. The first-order chi connectivity index (χ1) is 16.2. The van der Waals surface area contributed by atoms with Crippen molar-refractivity contribution in [2.24, 2.45) is 7.05 Å². The summed E-state index contributed by atoms with van der Waals surface area (Å²) in [5.74, 6) is 0.0584. The smallest absolute Gasteiger partial charge is 0.405 e. The van der Waals surface area contributed by atoms with Gasteiger partial charge in [0.2, 0.25) is 5.95 Å². The summed E-state index contributed by atoms with van der Waals surface area (Å²) in [4.78, 5) is 16.7. The van der Waals surface area contributed by atoms with Gasteiger partial charge in [-0.05, 0) is 36.2 Å². The van der Waals surface area contributed by atoms with E-state index in [1.54, 1.807) is 24.0 Å². The molecule has 0 fully saturated rings. The van der Waals surface area contributed by atoms with Gasteiger partial charge in [0.15, 0.2) is 5.82 Å². The van der Waals surface area contributed by atoms with Crippen LogP contribution in [0.25, 0.3) is 22.3 Å². The number of aryl methyl sites for hydroxylation is 2. The lowest BCUT2D eigenvalue weighted by molar-refractivity contribution is -0.123. The van der Waals surface area contributed by atoms with Crippen LogP contribution in [0.5, 0.6) is 5.75 Å². The first kappa shape index (κ1) is 23.1. The highest BCUT2D eigenvalue weighted by Gasteiger charge is 2.28. The van der Waals surface area contributed by atoms with E-state index in [0.717, 1.165) is 28.6 Å². The number of carbonyl (C=O) groups excluding carboxylic acids is 1. The molecule has 2 aromatic heterocycles. The number of H-pyrrole nitrogens is 1. The maximum Gasteiger partial charge on any atom is 0.405 e. The number of alkyl halides is 3. The summed E-state index contributed by atoms with van der Waals surface area (Å²) in [5.41, 5.74) is 3.39. The molecular formula is C22H22F3N7O2. The Kier molecular flexibility index (Phi) is 6.14. The number of anilines is 2. The van der Waals surface area contributed by atoms with Crippen LogP contribution in [0, 0.1) is 0 Å². The number of aromatic amines is 1. The lowest BCUT2D eigenvalue weighted by Crippen LogP contribution is -2.33. The van der Waals surface area contributed by atoms with Crippen LogP contribution in [0.1, 0.15) is 22.8 Å². The quantitative estimate of drug-likeness (QED) is 0.375. The third kappa shape index (κ3) is 4.65. The fraction of sp³-hybridized carbons (Fsp3) is 0.273. The maximum absolute atomic E-state index is 12.4. The lowest BCUT2D eigenvalue weighted by atomic mass is 10.1. The first-order valence-electron chi connectivity index (χ1n) is 10.4. The Morgan fingerprint density at radius 2 is 2.03 bits per heavy atom. The van der Waals surface area contributed by atoms with Crippen molar-refractivity contribution in [1.29, 1.82) is 0 Å². The second-order valence-electron chi connectivity index (χ2n) is 7.50. The van der Waals surface area contributed by atoms with Crippen molar-refractivity contribution in [2.45, 2.75) is 19.5 Å². The highest BCUT2D eigenvalue weighted by Crippen LogP contribution is 2.30. The number of fused-ring (bicyclic) bond motifs is 1. The van der Waals surface area contributed by atoms with Gasteiger partial charge in [-0.1, -0.05) is 13.0 Å². The molecule has 4 aromatic rings. The Labute approximate surface area is 192 Å². The van der Waals surface area contributed by atoms with Gasteiger partial charge in [-0.2, -0.15) is 23.3 Å². The molecule has 0 unspecified atom stereocenters. The van der Waals surface area contributed by atoms with Crippen LogP contribution in [0.4, 0.5) is 24.8 Å². The van der Waals surface area contributed by atoms with Crippen molar-refractivity contribution in [3.63, 3.8) is 0 Å². The molecule has 0 aliphatic rings. The number of hydrogen-bond acceptors (Lipinski definition) is 6. The minimum Gasteiger partial charge on any atom is -0.496 e.